The lowest BCUT2D eigenvalue weighted by molar-refractivity contribution is 0.669. The van der Waals surface area contributed by atoms with Crippen molar-refractivity contribution >= 4 is 50.5 Å². The molecule has 10 rings (SSSR count). The van der Waals surface area contributed by atoms with Crippen LogP contribution in [-0.2, 0) is 0 Å². The molecule has 1 atom stereocenters. The number of hydrogen-bond donors (Lipinski definition) is 1. The van der Waals surface area contributed by atoms with E-state index in [1.54, 1.807) is 0 Å². The molecule has 0 bridgehead atoms. The van der Waals surface area contributed by atoms with Crippen molar-refractivity contribution in [1.82, 2.24) is 5.32 Å². The van der Waals surface area contributed by atoms with Crippen molar-refractivity contribution in [1.29, 1.82) is 0 Å². The molecule has 266 valence electrons. The highest BCUT2D eigenvalue weighted by Gasteiger charge is 2.26. The van der Waals surface area contributed by atoms with Crippen LogP contribution >= 0.6 is 0 Å². The van der Waals surface area contributed by atoms with Crippen LogP contribution in [0.2, 0.25) is 0 Å². The van der Waals surface area contributed by atoms with Gasteiger partial charge in [-0.3, -0.25) is 0 Å². The predicted octanol–water partition coefficient (Wildman–Crippen LogP) is 13.5. The molecule has 1 aliphatic heterocycles. The molecule has 2 heterocycles. The summed E-state index contributed by atoms with van der Waals surface area (Å²) in [5.41, 5.74) is 13.4. The maximum atomic E-state index is 6.91. The van der Waals surface area contributed by atoms with E-state index in [0.29, 0.717) is 0 Å². The molecule has 56 heavy (non-hydrogen) atoms. The molecule has 0 fully saturated rings. The number of para-hydroxylation sites is 1. The Labute approximate surface area is 326 Å². The highest BCUT2D eigenvalue weighted by Crippen LogP contribution is 2.45. The van der Waals surface area contributed by atoms with Gasteiger partial charge in [0.05, 0.1) is 17.4 Å². The van der Waals surface area contributed by atoms with Crippen LogP contribution in [0.3, 0.4) is 0 Å². The Morgan fingerprint density at radius 1 is 0.464 bits per heavy atom. The third kappa shape index (κ3) is 6.23. The fraction of sp³-hybridized carbons (Fsp3) is 0.0192. The lowest BCUT2D eigenvalue weighted by Gasteiger charge is -2.27. The first-order valence-electron chi connectivity index (χ1n) is 19.0. The van der Waals surface area contributed by atoms with E-state index in [2.05, 4.69) is 210 Å². The van der Waals surface area contributed by atoms with E-state index in [-0.39, 0.29) is 6.04 Å². The zero-order chi connectivity index (χ0) is 37.3. The van der Waals surface area contributed by atoms with Crippen LogP contribution in [0.15, 0.2) is 222 Å². The van der Waals surface area contributed by atoms with Crippen molar-refractivity contribution in [3.63, 3.8) is 0 Å². The van der Waals surface area contributed by atoms with Gasteiger partial charge in [-0.25, -0.2) is 4.99 Å². The van der Waals surface area contributed by atoms with Gasteiger partial charge in [0.1, 0.15) is 11.4 Å². The van der Waals surface area contributed by atoms with Crippen molar-refractivity contribution in [2.75, 3.05) is 4.90 Å². The van der Waals surface area contributed by atoms with Crippen molar-refractivity contribution in [2.24, 2.45) is 4.99 Å². The third-order valence-electron chi connectivity index (χ3n) is 10.5. The average Bonchev–Trinajstić information content (AvgIpc) is 3.68. The number of nitrogens with zero attached hydrogens (tertiary/aromatic N) is 2. The second kappa shape index (κ2) is 14.4. The number of furan rings is 1. The van der Waals surface area contributed by atoms with E-state index < -0.39 is 0 Å². The lowest BCUT2D eigenvalue weighted by Crippen LogP contribution is -2.31. The molecule has 0 radical (unpaired) electrons. The molecule has 0 spiro atoms. The summed E-state index contributed by atoms with van der Waals surface area (Å²) >= 11 is 0. The summed E-state index contributed by atoms with van der Waals surface area (Å²) in [6.07, 6.45) is 2.22. The first-order valence-corrected chi connectivity index (χ1v) is 19.0. The highest BCUT2D eigenvalue weighted by molar-refractivity contribution is 6.21. The van der Waals surface area contributed by atoms with Crippen LogP contribution in [0.25, 0.3) is 49.9 Å². The maximum Gasteiger partial charge on any atom is 0.160 e. The Morgan fingerprint density at radius 3 is 1.55 bits per heavy atom. The summed E-state index contributed by atoms with van der Waals surface area (Å²) in [4.78, 5) is 7.62. The normalized spacial score (nSPS) is 13.9. The average molecular weight is 720 g/mol. The molecule has 1 aliphatic rings. The predicted molar refractivity (Wildman–Crippen MR) is 233 cm³/mol. The van der Waals surface area contributed by atoms with Crippen molar-refractivity contribution < 1.29 is 4.42 Å². The molecular weight excluding hydrogens is 683 g/mol. The fourth-order valence-corrected chi connectivity index (χ4v) is 7.77. The van der Waals surface area contributed by atoms with Gasteiger partial charge in [0.15, 0.2) is 5.58 Å². The molecule has 4 heteroatoms. The largest absolute Gasteiger partial charge is 0.454 e. The molecule has 9 aromatic rings. The van der Waals surface area contributed by atoms with Gasteiger partial charge >= 0.3 is 0 Å². The van der Waals surface area contributed by atoms with E-state index in [4.69, 9.17) is 9.41 Å². The lowest BCUT2D eigenvalue weighted by atomic mass is 9.98. The summed E-state index contributed by atoms with van der Waals surface area (Å²) in [7, 11) is 0. The second-order valence-electron chi connectivity index (χ2n) is 14.0. The van der Waals surface area contributed by atoms with Crippen LogP contribution in [0.5, 0.6) is 0 Å². The van der Waals surface area contributed by atoms with Gasteiger partial charge in [-0.05, 0) is 81.9 Å². The van der Waals surface area contributed by atoms with E-state index >= 15 is 0 Å². The number of benzene rings is 8. The number of amidine groups is 1. The monoisotopic (exact) mass is 719 g/mol. The molecule has 0 amide bonds. The Hall–Kier alpha value is -7.43. The highest BCUT2D eigenvalue weighted by atomic mass is 16.3. The molecular formula is C52H37N3O. The number of aliphatic imine (C=N–C) groups is 1. The Bertz CT molecular complexity index is 2760. The number of anilines is 3. The number of rotatable bonds is 8. The molecule has 0 saturated carbocycles. The first-order chi connectivity index (χ1) is 27.8. The Kier molecular flexibility index (Phi) is 8.54. The van der Waals surface area contributed by atoms with Crippen LogP contribution in [-0.4, -0.2) is 5.84 Å². The van der Waals surface area contributed by atoms with Crippen molar-refractivity contribution in [3.05, 3.63) is 229 Å². The SMILES string of the molecule is C1=C(c2ccccc2)N=C(c2ccc(N(c3ccc(-c4ccccc4)cc3)c3ccc(-c4ccccc4)cc3)c3oc4ccccc4c23)NC1c1ccccc1. The number of nitrogens with one attached hydrogen (secondary N) is 1. The number of hydrogen-bond acceptors (Lipinski definition) is 4. The van der Waals surface area contributed by atoms with Crippen LogP contribution in [0.1, 0.15) is 22.7 Å². The summed E-state index contributed by atoms with van der Waals surface area (Å²) in [6, 6.07) is 72.2. The van der Waals surface area contributed by atoms with Gasteiger partial charge in [-0.1, -0.05) is 164 Å². The minimum atomic E-state index is -0.0745. The van der Waals surface area contributed by atoms with Gasteiger partial charge < -0.3 is 14.6 Å². The van der Waals surface area contributed by atoms with E-state index in [1.165, 1.54) is 16.7 Å². The van der Waals surface area contributed by atoms with Gasteiger partial charge in [0.25, 0.3) is 0 Å². The van der Waals surface area contributed by atoms with Crippen molar-refractivity contribution in [3.8, 4) is 22.3 Å². The minimum Gasteiger partial charge on any atom is -0.454 e. The topological polar surface area (TPSA) is 40.8 Å². The van der Waals surface area contributed by atoms with Gasteiger partial charge in [0.2, 0.25) is 0 Å². The zero-order valence-electron chi connectivity index (χ0n) is 30.6. The van der Waals surface area contributed by atoms with Gasteiger partial charge in [-0.2, -0.15) is 0 Å². The van der Waals surface area contributed by atoms with Crippen LogP contribution in [0.4, 0.5) is 17.1 Å². The van der Waals surface area contributed by atoms with E-state index in [9.17, 15) is 0 Å². The Balaban J connectivity index is 1.16. The van der Waals surface area contributed by atoms with Crippen LogP contribution in [0, 0.1) is 0 Å². The molecule has 1 N–H and O–H groups in total. The molecule has 1 aromatic heterocycles. The maximum absolute atomic E-state index is 6.91. The molecule has 8 aromatic carbocycles. The standard InChI is InChI=1S/C52H37N3O/c1-5-15-36(16-6-1)38-25-29-42(30-26-38)55(43-31-27-39(28-32-43)37-17-7-2-8-18-37)48-34-33-45(50-44-23-13-14-24-49(44)56-51(48)50)52-53-46(40-19-9-3-10-20-40)35-47(54-52)41-21-11-4-12-22-41/h1-35,46H,(H,53,54). The molecule has 0 saturated heterocycles. The molecule has 1 unspecified atom stereocenters. The van der Waals surface area contributed by atoms with E-state index in [1.807, 2.05) is 12.1 Å². The Morgan fingerprint density at radius 2 is 0.964 bits per heavy atom. The summed E-state index contributed by atoms with van der Waals surface area (Å²) in [6.45, 7) is 0. The number of fused-ring (bicyclic) bond motifs is 3. The smallest absolute Gasteiger partial charge is 0.160 e. The minimum absolute atomic E-state index is 0.0745. The van der Waals surface area contributed by atoms with Crippen molar-refractivity contribution in [2.45, 2.75) is 6.04 Å². The first kappa shape index (κ1) is 33.2. The zero-order valence-corrected chi connectivity index (χ0v) is 30.6. The van der Waals surface area contributed by atoms with Gasteiger partial charge in [0, 0.05) is 27.7 Å². The summed E-state index contributed by atoms with van der Waals surface area (Å²) in [5, 5.41) is 5.85. The molecule has 0 aliphatic carbocycles. The van der Waals surface area contributed by atoms with Crippen LogP contribution < -0.4 is 10.2 Å². The second-order valence-corrected chi connectivity index (χ2v) is 14.0. The fourth-order valence-electron chi connectivity index (χ4n) is 7.77. The summed E-state index contributed by atoms with van der Waals surface area (Å²) in [5.74, 6) is 0.800. The molecule has 4 nitrogen and oxygen atoms in total. The summed E-state index contributed by atoms with van der Waals surface area (Å²) < 4.78 is 6.91. The third-order valence-corrected chi connectivity index (χ3v) is 10.5. The van der Waals surface area contributed by atoms with Gasteiger partial charge in [-0.15, -0.1) is 0 Å². The quantitative estimate of drug-likeness (QED) is 0.170. The van der Waals surface area contributed by atoms with E-state index in [0.717, 1.165) is 72.8 Å².